The van der Waals surface area contributed by atoms with Crippen LogP contribution in [0.5, 0.6) is 5.88 Å². The Morgan fingerprint density at radius 2 is 1.97 bits per heavy atom. The minimum absolute atomic E-state index is 0.0440. The van der Waals surface area contributed by atoms with Gasteiger partial charge in [0.05, 0.1) is 33.2 Å². The molecule has 4 rings (SSSR count). The SMILES string of the molecule is O=C(NCC(c1scnc1C(F)F)N1CCC(Oc2ccc(F)cn2)CC1)c1c(F)cccc1Cl. The summed E-state index contributed by atoms with van der Waals surface area (Å²) in [6.07, 6.45) is -0.772. The van der Waals surface area contributed by atoms with Gasteiger partial charge in [-0.15, -0.1) is 11.3 Å². The highest BCUT2D eigenvalue weighted by Gasteiger charge is 2.32. The quantitative estimate of drug-likeness (QED) is 0.395. The summed E-state index contributed by atoms with van der Waals surface area (Å²) < 4.78 is 60.3. The van der Waals surface area contributed by atoms with E-state index in [1.54, 1.807) is 0 Å². The molecule has 0 aliphatic carbocycles. The topological polar surface area (TPSA) is 67.4 Å². The predicted octanol–water partition coefficient (Wildman–Crippen LogP) is 5.42. The van der Waals surface area contributed by atoms with Crippen LogP contribution in [0.4, 0.5) is 17.6 Å². The molecule has 186 valence electrons. The molecule has 12 heteroatoms. The Labute approximate surface area is 207 Å². The summed E-state index contributed by atoms with van der Waals surface area (Å²) in [5, 5.41) is 2.60. The van der Waals surface area contributed by atoms with Gasteiger partial charge in [-0.1, -0.05) is 17.7 Å². The van der Waals surface area contributed by atoms with Gasteiger partial charge < -0.3 is 10.1 Å². The monoisotopic (exact) mass is 528 g/mol. The van der Waals surface area contributed by atoms with Gasteiger partial charge in [0, 0.05) is 25.7 Å². The van der Waals surface area contributed by atoms with Crippen molar-refractivity contribution in [3.05, 3.63) is 74.8 Å². The molecule has 1 aliphatic heterocycles. The minimum Gasteiger partial charge on any atom is -0.474 e. The van der Waals surface area contributed by atoms with E-state index in [1.165, 1.54) is 29.8 Å². The molecule has 3 aromatic rings. The van der Waals surface area contributed by atoms with Gasteiger partial charge in [0.25, 0.3) is 12.3 Å². The van der Waals surface area contributed by atoms with Crippen molar-refractivity contribution in [1.82, 2.24) is 20.2 Å². The van der Waals surface area contributed by atoms with Crippen LogP contribution < -0.4 is 10.1 Å². The van der Waals surface area contributed by atoms with Gasteiger partial charge in [0.15, 0.2) is 0 Å². The lowest BCUT2D eigenvalue weighted by Gasteiger charge is -2.37. The zero-order valence-electron chi connectivity index (χ0n) is 18.3. The lowest BCUT2D eigenvalue weighted by molar-refractivity contribution is 0.0680. The number of halogens is 5. The van der Waals surface area contributed by atoms with Crippen LogP contribution in [0, 0.1) is 11.6 Å². The van der Waals surface area contributed by atoms with E-state index < -0.39 is 30.0 Å². The van der Waals surface area contributed by atoms with Crippen LogP contribution in [-0.2, 0) is 0 Å². The molecule has 1 unspecified atom stereocenters. The van der Waals surface area contributed by atoms with Crippen LogP contribution in [0.25, 0.3) is 0 Å². The van der Waals surface area contributed by atoms with Crippen LogP contribution in [-0.4, -0.2) is 46.5 Å². The van der Waals surface area contributed by atoms with Gasteiger partial charge in [0.1, 0.15) is 23.4 Å². The Balaban J connectivity index is 1.47. The van der Waals surface area contributed by atoms with Crippen LogP contribution in [0.2, 0.25) is 5.02 Å². The van der Waals surface area contributed by atoms with Crippen LogP contribution in [0.1, 0.15) is 46.2 Å². The average molecular weight is 529 g/mol. The van der Waals surface area contributed by atoms with E-state index in [0.717, 1.165) is 23.6 Å². The fraction of sp³-hybridized carbons (Fsp3) is 0.348. The van der Waals surface area contributed by atoms with Crippen molar-refractivity contribution >= 4 is 28.8 Å². The molecule has 1 amide bonds. The Bertz CT molecular complexity index is 1140. The van der Waals surface area contributed by atoms with Gasteiger partial charge in [-0.25, -0.2) is 27.5 Å². The third kappa shape index (κ3) is 6.09. The maximum atomic E-state index is 14.2. The van der Waals surface area contributed by atoms with E-state index in [4.69, 9.17) is 16.3 Å². The average Bonchev–Trinajstić information content (AvgIpc) is 3.32. The first kappa shape index (κ1) is 25.3. The highest BCUT2D eigenvalue weighted by molar-refractivity contribution is 7.09. The minimum atomic E-state index is -2.78. The lowest BCUT2D eigenvalue weighted by atomic mass is 10.0. The molecule has 1 aromatic carbocycles. The summed E-state index contributed by atoms with van der Waals surface area (Å²) in [5.74, 6) is -1.67. The lowest BCUT2D eigenvalue weighted by Crippen LogP contribution is -2.44. The van der Waals surface area contributed by atoms with Gasteiger partial charge in [-0.3, -0.25) is 9.69 Å². The zero-order valence-corrected chi connectivity index (χ0v) is 19.8. The van der Waals surface area contributed by atoms with Crippen molar-refractivity contribution in [3.8, 4) is 5.88 Å². The summed E-state index contributed by atoms with van der Waals surface area (Å²) >= 11 is 7.06. The third-order valence-electron chi connectivity index (χ3n) is 5.68. The number of ether oxygens (including phenoxy) is 1. The fourth-order valence-electron chi connectivity index (χ4n) is 3.97. The normalized spacial score (nSPS) is 15.8. The van der Waals surface area contributed by atoms with E-state index in [0.29, 0.717) is 36.7 Å². The summed E-state index contributed by atoms with van der Waals surface area (Å²) in [6.45, 7) is 0.914. The second kappa shape index (κ2) is 11.3. The maximum absolute atomic E-state index is 14.2. The molecule has 1 fully saturated rings. The number of amides is 1. The first-order chi connectivity index (χ1) is 16.8. The molecule has 3 heterocycles. The number of hydrogen-bond donors (Lipinski definition) is 1. The Morgan fingerprint density at radius 1 is 1.20 bits per heavy atom. The molecule has 1 atom stereocenters. The van der Waals surface area contributed by atoms with Crippen LogP contribution >= 0.6 is 22.9 Å². The Kier molecular flexibility index (Phi) is 8.19. The molecular formula is C23H21ClF4N4O2S. The number of pyridine rings is 1. The Hall–Kier alpha value is -2.76. The highest BCUT2D eigenvalue weighted by Crippen LogP contribution is 2.34. The van der Waals surface area contributed by atoms with Gasteiger partial charge >= 0.3 is 0 Å². The van der Waals surface area contributed by atoms with Crippen molar-refractivity contribution in [3.63, 3.8) is 0 Å². The van der Waals surface area contributed by atoms with Gasteiger partial charge in [-0.2, -0.15) is 0 Å². The molecule has 0 bridgehead atoms. The van der Waals surface area contributed by atoms with Gasteiger partial charge in [0.2, 0.25) is 5.88 Å². The molecule has 2 aromatic heterocycles. The smallest absolute Gasteiger partial charge is 0.281 e. The first-order valence-corrected chi connectivity index (χ1v) is 12.0. The molecule has 35 heavy (non-hydrogen) atoms. The number of nitrogens with one attached hydrogen (secondary N) is 1. The first-order valence-electron chi connectivity index (χ1n) is 10.8. The maximum Gasteiger partial charge on any atom is 0.281 e. The summed E-state index contributed by atoms with van der Waals surface area (Å²) in [6, 6.07) is 6.00. The third-order valence-corrected chi connectivity index (χ3v) is 6.95. The van der Waals surface area contributed by atoms with Crippen molar-refractivity contribution in [2.45, 2.75) is 31.4 Å². The molecular weight excluding hydrogens is 508 g/mol. The number of piperidine rings is 1. The standard InChI is InChI=1S/C23H21ClF4N4O2S/c24-15-2-1-3-16(26)19(15)23(33)30-11-17(21-20(22(27)28)31-12-35-21)32-8-6-14(7-9-32)34-18-5-4-13(25)10-29-18/h1-5,10,12,14,17,22H,6-9,11H2,(H,30,33). The predicted molar refractivity (Wildman–Crippen MR) is 123 cm³/mol. The molecule has 0 saturated carbocycles. The number of rotatable bonds is 8. The molecule has 0 radical (unpaired) electrons. The van der Waals surface area contributed by atoms with Crippen molar-refractivity contribution in [2.24, 2.45) is 0 Å². The van der Waals surface area contributed by atoms with E-state index in [-0.39, 0.29) is 28.9 Å². The zero-order chi connectivity index (χ0) is 24.9. The van der Waals surface area contributed by atoms with Crippen molar-refractivity contribution in [2.75, 3.05) is 19.6 Å². The van der Waals surface area contributed by atoms with Gasteiger partial charge in [-0.05, 0) is 31.0 Å². The van der Waals surface area contributed by atoms with Crippen LogP contribution in [0.3, 0.4) is 0 Å². The highest BCUT2D eigenvalue weighted by atomic mass is 35.5. The van der Waals surface area contributed by atoms with E-state index in [2.05, 4.69) is 15.3 Å². The Morgan fingerprint density at radius 3 is 2.63 bits per heavy atom. The molecule has 1 aliphatic rings. The van der Waals surface area contributed by atoms with Crippen molar-refractivity contribution < 1.29 is 27.1 Å². The number of benzene rings is 1. The second-order valence-electron chi connectivity index (χ2n) is 7.89. The number of hydrogen-bond acceptors (Lipinski definition) is 6. The summed E-state index contributed by atoms with van der Waals surface area (Å²) in [4.78, 5) is 22.7. The van der Waals surface area contributed by atoms with Crippen molar-refractivity contribution in [1.29, 1.82) is 0 Å². The van der Waals surface area contributed by atoms with Crippen LogP contribution in [0.15, 0.2) is 42.0 Å². The summed E-state index contributed by atoms with van der Waals surface area (Å²) in [5.41, 5.74) is 0.701. The van der Waals surface area contributed by atoms with E-state index in [9.17, 15) is 22.4 Å². The number of aromatic nitrogens is 2. The number of nitrogens with zero attached hydrogens (tertiary/aromatic N) is 3. The van der Waals surface area contributed by atoms with E-state index >= 15 is 0 Å². The number of thiazole rings is 1. The molecule has 6 nitrogen and oxygen atoms in total. The molecule has 0 spiro atoms. The largest absolute Gasteiger partial charge is 0.474 e. The number of carbonyl (C=O) groups is 1. The number of carbonyl (C=O) groups excluding carboxylic acids is 1. The summed E-state index contributed by atoms with van der Waals surface area (Å²) in [7, 11) is 0. The molecule has 1 N–H and O–H groups in total. The molecule has 1 saturated heterocycles. The fourth-order valence-corrected chi connectivity index (χ4v) is 5.15. The number of likely N-dealkylation sites (tertiary alicyclic amines) is 1. The van der Waals surface area contributed by atoms with E-state index in [1.807, 2.05) is 4.90 Å². The number of alkyl halides is 2. The second-order valence-corrected chi connectivity index (χ2v) is 9.19.